The van der Waals surface area contributed by atoms with E-state index in [2.05, 4.69) is 62.3 Å². The third-order valence-electron chi connectivity index (χ3n) is 20.5. The number of rotatable bonds is 36. The summed E-state index contributed by atoms with van der Waals surface area (Å²) in [6.07, 6.45) is 7.72. The van der Waals surface area contributed by atoms with Crippen molar-refractivity contribution >= 4 is 104 Å². The third kappa shape index (κ3) is 25.5. The number of ether oxygens (including phenoxy) is 9. The van der Waals surface area contributed by atoms with Gasteiger partial charge in [-0.2, -0.15) is 0 Å². The van der Waals surface area contributed by atoms with Gasteiger partial charge in [-0.15, -0.1) is 0 Å². The molecular formula is C99H99Cl9O9. The molecule has 0 aliphatic rings. The Morgan fingerprint density at radius 3 is 0.274 bits per heavy atom. The largest absolute Gasteiger partial charge is 0.489 e. The molecule has 0 amide bonds. The Morgan fingerprint density at radius 1 is 0.128 bits per heavy atom. The first-order valence-electron chi connectivity index (χ1n) is 39.8. The van der Waals surface area contributed by atoms with Gasteiger partial charge in [0.15, 0.2) is 0 Å². The van der Waals surface area contributed by atoms with Gasteiger partial charge in [-0.3, -0.25) is 0 Å². The van der Waals surface area contributed by atoms with Gasteiger partial charge in [-0.25, -0.2) is 0 Å². The fraction of sp³-hybridized carbons (Fsp3) is 0.273. The maximum absolute atomic E-state index is 6.30. The molecule has 12 aromatic rings. The first-order chi connectivity index (χ1) is 56.8. The average molecular weight is 1750 g/mol. The van der Waals surface area contributed by atoms with E-state index in [-0.39, 0.29) is 0 Å². The van der Waals surface area contributed by atoms with Crippen LogP contribution < -0.4 is 42.6 Å². The molecule has 0 aromatic heterocycles. The van der Waals surface area contributed by atoms with Crippen LogP contribution in [-0.2, 0) is 117 Å². The lowest BCUT2D eigenvalue weighted by molar-refractivity contribution is 0.288. The Hall–Kier alpha value is -8.55. The van der Waals surface area contributed by atoms with Crippen molar-refractivity contribution in [1.82, 2.24) is 0 Å². The summed E-state index contributed by atoms with van der Waals surface area (Å²) in [5.41, 5.74) is 22.1. The molecule has 117 heavy (non-hydrogen) atoms. The minimum atomic E-state index is 0.444. The summed E-state index contributed by atoms with van der Waals surface area (Å²) < 4.78 is 56.7. The maximum atomic E-state index is 6.30. The summed E-state index contributed by atoms with van der Waals surface area (Å²) in [5.74, 6) is 7.01. The summed E-state index contributed by atoms with van der Waals surface area (Å²) in [6, 6.07) is 67.3. The van der Waals surface area contributed by atoms with Gasteiger partial charge in [0.05, 0.1) is 0 Å². The van der Waals surface area contributed by atoms with Crippen molar-refractivity contribution in [2.45, 2.75) is 180 Å². The van der Waals surface area contributed by atoms with Crippen LogP contribution in [-0.4, -0.2) is 0 Å². The number of hydrogen-bond acceptors (Lipinski definition) is 9. The van der Waals surface area contributed by atoms with Crippen LogP contribution in [0.5, 0.6) is 51.7 Å². The molecule has 12 rings (SSSR count). The standard InChI is InChI=1S/3C33H33Cl3O3/c3*1-4-28-31(19-37-25-13-7-22(34)8-14-25)29(5-2)33(21-39-27-17-11-24(36)12-18-27)30(6-3)32(28)20-38-26-15-9-23(35)10-16-26/h3*7-18H,4-6,19-21H2,1-3H3. The number of benzene rings is 12. The summed E-state index contributed by atoms with van der Waals surface area (Å²) >= 11 is 54.8. The molecule has 0 radical (unpaired) electrons. The molecule has 0 aliphatic heterocycles. The molecule has 0 saturated heterocycles. The molecule has 0 heterocycles. The molecule has 0 N–H and O–H groups in total. The second kappa shape index (κ2) is 46.1. The van der Waals surface area contributed by atoms with Crippen LogP contribution in [0.3, 0.4) is 0 Å². The SMILES string of the molecule is CCc1c(COc2ccc(Cl)cc2)c(CC)c(COc2ccc(Cl)cc2)c(CC)c1COc1ccc(Cl)cc1.CCc1c(COc2ccc(Cl)cc2)c(CC)c(COc2ccc(Cl)cc2)c(CC)c1COc1ccc(Cl)cc1.CCc1c(COc2ccc(Cl)cc2)c(CC)c(COc2ccc(Cl)cc2)c(CC)c1COc1ccc(Cl)cc1. The summed E-state index contributed by atoms with van der Waals surface area (Å²) in [4.78, 5) is 0. The van der Waals surface area contributed by atoms with E-state index in [1.807, 2.05) is 218 Å². The Balaban J connectivity index is 0.000000185. The van der Waals surface area contributed by atoms with Crippen molar-refractivity contribution in [3.8, 4) is 51.7 Å². The van der Waals surface area contributed by atoms with Crippen LogP contribution in [0.25, 0.3) is 0 Å². The van der Waals surface area contributed by atoms with E-state index in [0.717, 1.165) is 110 Å². The summed E-state index contributed by atoms with van der Waals surface area (Å²) in [7, 11) is 0. The third-order valence-corrected chi connectivity index (χ3v) is 22.8. The average Bonchev–Trinajstić information content (AvgIpc) is 0.778. The molecule has 612 valence electrons. The normalized spacial score (nSPS) is 10.9. The lowest BCUT2D eigenvalue weighted by Crippen LogP contribution is -2.17. The van der Waals surface area contributed by atoms with Gasteiger partial charge in [-0.05, 0) is 376 Å². The molecule has 0 atom stereocenters. The van der Waals surface area contributed by atoms with Crippen molar-refractivity contribution in [3.63, 3.8) is 0 Å². The molecule has 0 aliphatic carbocycles. The molecular weight excluding hydrogens is 1650 g/mol. The van der Waals surface area contributed by atoms with E-state index >= 15 is 0 Å². The van der Waals surface area contributed by atoms with Crippen molar-refractivity contribution < 1.29 is 42.6 Å². The molecule has 0 unspecified atom stereocenters. The van der Waals surface area contributed by atoms with Crippen molar-refractivity contribution in [1.29, 1.82) is 0 Å². The molecule has 0 bridgehead atoms. The zero-order valence-electron chi connectivity index (χ0n) is 67.6. The highest BCUT2D eigenvalue weighted by Crippen LogP contribution is 2.39. The molecule has 18 heteroatoms. The Kier molecular flexibility index (Phi) is 35.8. The summed E-state index contributed by atoms with van der Waals surface area (Å²) in [5, 5.41) is 6.14. The maximum Gasteiger partial charge on any atom is 0.119 e. The fourth-order valence-electron chi connectivity index (χ4n) is 14.9. The van der Waals surface area contributed by atoms with Crippen LogP contribution in [0.4, 0.5) is 0 Å². The first-order valence-corrected chi connectivity index (χ1v) is 43.2. The van der Waals surface area contributed by atoms with Crippen LogP contribution in [0.1, 0.15) is 162 Å². The Morgan fingerprint density at radius 2 is 0.205 bits per heavy atom. The summed E-state index contributed by atoms with van der Waals surface area (Å²) in [6.45, 7) is 23.7. The first kappa shape index (κ1) is 90.8. The second-order valence-corrected chi connectivity index (χ2v) is 31.4. The molecule has 12 aromatic carbocycles. The van der Waals surface area contributed by atoms with Gasteiger partial charge < -0.3 is 42.6 Å². The molecule has 9 nitrogen and oxygen atoms in total. The number of hydrogen-bond donors (Lipinski definition) is 0. The quantitative estimate of drug-likeness (QED) is 0.0381. The molecule has 0 spiro atoms. The lowest BCUT2D eigenvalue weighted by Gasteiger charge is -2.26. The van der Waals surface area contributed by atoms with Gasteiger partial charge >= 0.3 is 0 Å². The van der Waals surface area contributed by atoms with Crippen LogP contribution in [0.2, 0.25) is 45.2 Å². The lowest BCUT2D eigenvalue weighted by atomic mass is 9.84. The van der Waals surface area contributed by atoms with E-state index < -0.39 is 0 Å². The zero-order valence-corrected chi connectivity index (χ0v) is 74.4. The van der Waals surface area contributed by atoms with Crippen LogP contribution in [0.15, 0.2) is 218 Å². The topological polar surface area (TPSA) is 83.1 Å². The smallest absolute Gasteiger partial charge is 0.119 e. The minimum absolute atomic E-state index is 0.444. The van der Waals surface area contributed by atoms with E-state index in [1.54, 1.807) is 0 Å². The Bertz CT molecular complexity index is 4040. The highest BCUT2D eigenvalue weighted by Gasteiger charge is 2.27. The van der Waals surface area contributed by atoms with Crippen molar-refractivity contribution in [2.24, 2.45) is 0 Å². The van der Waals surface area contributed by atoms with Crippen LogP contribution in [0, 0.1) is 0 Å². The second-order valence-electron chi connectivity index (χ2n) is 27.5. The monoisotopic (exact) mass is 1750 g/mol. The zero-order chi connectivity index (χ0) is 83.3. The Labute approximate surface area is 736 Å². The minimum Gasteiger partial charge on any atom is -0.489 e. The van der Waals surface area contributed by atoms with E-state index in [1.165, 1.54) is 100 Å². The van der Waals surface area contributed by atoms with Gasteiger partial charge in [0.25, 0.3) is 0 Å². The van der Waals surface area contributed by atoms with Crippen molar-refractivity contribution in [3.05, 3.63) is 364 Å². The highest BCUT2D eigenvalue weighted by molar-refractivity contribution is 6.33. The van der Waals surface area contributed by atoms with E-state index in [9.17, 15) is 0 Å². The number of halogens is 9. The van der Waals surface area contributed by atoms with Gasteiger partial charge in [0.1, 0.15) is 111 Å². The molecule has 0 fully saturated rings. The van der Waals surface area contributed by atoms with Crippen LogP contribution >= 0.6 is 104 Å². The van der Waals surface area contributed by atoms with Gasteiger partial charge in [0.2, 0.25) is 0 Å². The predicted molar refractivity (Wildman–Crippen MR) is 486 cm³/mol. The van der Waals surface area contributed by atoms with Crippen molar-refractivity contribution in [2.75, 3.05) is 0 Å². The van der Waals surface area contributed by atoms with E-state index in [4.69, 9.17) is 147 Å². The van der Waals surface area contributed by atoms with Gasteiger partial charge in [0, 0.05) is 45.2 Å². The predicted octanol–water partition coefficient (Wildman–Crippen LogP) is 30.2. The molecule has 0 saturated carbocycles. The van der Waals surface area contributed by atoms with E-state index in [0.29, 0.717) is 105 Å². The highest BCUT2D eigenvalue weighted by atomic mass is 35.5. The van der Waals surface area contributed by atoms with Gasteiger partial charge in [-0.1, -0.05) is 167 Å². The fourth-order valence-corrected chi connectivity index (χ4v) is 16.0.